The van der Waals surface area contributed by atoms with Crippen LogP contribution in [0.4, 0.5) is 0 Å². The van der Waals surface area contributed by atoms with E-state index in [0.29, 0.717) is 5.57 Å². The summed E-state index contributed by atoms with van der Waals surface area (Å²) < 4.78 is 6.16. The largest absolute Gasteiger partial charge is 0.440 e. The van der Waals surface area contributed by atoms with Gasteiger partial charge in [0, 0.05) is 28.5 Å². The molecule has 1 atom stereocenters. The lowest BCUT2D eigenvalue weighted by molar-refractivity contribution is 0.234. The third-order valence-corrected chi connectivity index (χ3v) is 7.54. The SMILES string of the molecule is CCCN1CC2=C(OC(N)=C(C#N)[C@H]2c2ccc(SC)cc2)/C(=C\c2ccc(SC)cc2)C1. The highest BCUT2D eigenvalue weighted by Gasteiger charge is 2.37. The van der Waals surface area contributed by atoms with Gasteiger partial charge in [0.1, 0.15) is 17.4 Å². The van der Waals surface area contributed by atoms with Crippen LogP contribution in [0.25, 0.3) is 6.08 Å². The van der Waals surface area contributed by atoms with Crippen LogP contribution in [0.5, 0.6) is 0 Å². The van der Waals surface area contributed by atoms with Gasteiger partial charge in [-0.25, -0.2) is 0 Å². The third kappa shape index (κ3) is 5.01. The first-order chi connectivity index (χ1) is 16.1. The van der Waals surface area contributed by atoms with Crippen LogP contribution < -0.4 is 5.73 Å². The molecule has 0 spiro atoms. The average molecular weight is 476 g/mol. The van der Waals surface area contributed by atoms with Crippen molar-refractivity contribution in [1.29, 1.82) is 5.26 Å². The van der Waals surface area contributed by atoms with Gasteiger partial charge in [0.2, 0.25) is 5.88 Å². The van der Waals surface area contributed by atoms with E-state index in [1.165, 1.54) is 9.79 Å². The maximum absolute atomic E-state index is 9.98. The Hall–Kier alpha value is -2.59. The minimum Gasteiger partial charge on any atom is -0.440 e. The summed E-state index contributed by atoms with van der Waals surface area (Å²) in [5.74, 6) is 0.839. The highest BCUT2D eigenvalue weighted by atomic mass is 32.2. The van der Waals surface area contributed by atoms with Gasteiger partial charge in [-0.15, -0.1) is 23.5 Å². The molecule has 4 nitrogen and oxygen atoms in total. The topological polar surface area (TPSA) is 62.3 Å². The Morgan fingerprint density at radius 3 is 2.27 bits per heavy atom. The Balaban J connectivity index is 1.82. The zero-order valence-electron chi connectivity index (χ0n) is 19.3. The zero-order chi connectivity index (χ0) is 23.4. The molecule has 2 aromatic carbocycles. The summed E-state index contributed by atoms with van der Waals surface area (Å²) >= 11 is 3.44. The number of nitrogens with zero attached hydrogens (tertiary/aromatic N) is 2. The summed E-state index contributed by atoms with van der Waals surface area (Å²) in [6.45, 7) is 4.74. The minimum atomic E-state index is -0.198. The molecule has 0 aromatic heterocycles. The van der Waals surface area contributed by atoms with Gasteiger partial charge >= 0.3 is 0 Å². The quantitative estimate of drug-likeness (QED) is 0.517. The molecule has 0 aliphatic carbocycles. The van der Waals surface area contributed by atoms with Gasteiger partial charge in [0.15, 0.2) is 0 Å². The predicted molar refractivity (Wildman–Crippen MR) is 139 cm³/mol. The fourth-order valence-electron chi connectivity index (χ4n) is 4.49. The molecule has 0 fully saturated rings. The normalized spacial score (nSPS) is 19.9. The second-order valence-electron chi connectivity index (χ2n) is 8.21. The molecule has 4 rings (SSSR count). The molecule has 2 aliphatic rings. The first-order valence-corrected chi connectivity index (χ1v) is 13.5. The number of nitriles is 1. The Kier molecular flexibility index (Phi) is 7.54. The van der Waals surface area contributed by atoms with Gasteiger partial charge < -0.3 is 10.5 Å². The molecule has 2 heterocycles. The zero-order valence-corrected chi connectivity index (χ0v) is 20.9. The van der Waals surface area contributed by atoms with E-state index in [0.717, 1.165) is 54.1 Å². The number of benzene rings is 2. The number of rotatable bonds is 6. The van der Waals surface area contributed by atoms with Gasteiger partial charge in [-0.1, -0.05) is 31.2 Å². The van der Waals surface area contributed by atoms with E-state index in [1.807, 2.05) is 0 Å². The Bertz CT molecular complexity index is 1140. The summed E-state index contributed by atoms with van der Waals surface area (Å²) in [5.41, 5.74) is 11.2. The molecule has 2 aliphatic heterocycles. The van der Waals surface area contributed by atoms with Crippen LogP contribution in [-0.4, -0.2) is 37.0 Å². The molecule has 0 saturated heterocycles. The average Bonchev–Trinajstić information content (AvgIpc) is 2.84. The molecule has 6 heteroatoms. The van der Waals surface area contributed by atoms with Gasteiger partial charge in [-0.05, 0) is 72.5 Å². The highest BCUT2D eigenvalue weighted by Crippen LogP contribution is 2.44. The summed E-state index contributed by atoms with van der Waals surface area (Å²) in [6.07, 6.45) is 7.41. The summed E-state index contributed by atoms with van der Waals surface area (Å²) in [5, 5.41) is 9.98. The van der Waals surface area contributed by atoms with Crippen molar-refractivity contribution in [2.75, 3.05) is 32.1 Å². The molecule has 2 N–H and O–H groups in total. The molecule has 0 radical (unpaired) electrons. The fraction of sp³-hybridized carbons (Fsp3) is 0.296. The van der Waals surface area contributed by atoms with Crippen molar-refractivity contribution in [2.24, 2.45) is 5.73 Å². The van der Waals surface area contributed by atoms with Crippen LogP contribution in [0.1, 0.15) is 30.4 Å². The van der Waals surface area contributed by atoms with Crippen LogP contribution >= 0.6 is 23.5 Å². The highest BCUT2D eigenvalue weighted by molar-refractivity contribution is 7.98. The number of thioether (sulfide) groups is 2. The molecule has 0 saturated carbocycles. The van der Waals surface area contributed by atoms with Crippen molar-refractivity contribution in [1.82, 2.24) is 4.90 Å². The third-order valence-electron chi connectivity index (χ3n) is 6.05. The van der Waals surface area contributed by atoms with Gasteiger partial charge in [0.05, 0.1) is 5.92 Å². The number of nitrogens with two attached hydrogens (primary N) is 1. The van der Waals surface area contributed by atoms with Crippen LogP contribution in [0.3, 0.4) is 0 Å². The molecular formula is C27H29N3OS2. The number of allylic oxidation sites excluding steroid dienone is 1. The van der Waals surface area contributed by atoms with E-state index in [9.17, 15) is 5.26 Å². The Morgan fingerprint density at radius 2 is 1.70 bits per heavy atom. The van der Waals surface area contributed by atoms with Crippen molar-refractivity contribution in [2.45, 2.75) is 29.1 Å². The van der Waals surface area contributed by atoms with Crippen LogP contribution in [0, 0.1) is 11.3 Å². The van der Waals surface area contributed by atoms with E-state index in [-0.39, 0.29) is 11.8 Å². The molecule has 0 amide bonds. The monoisotopic (exact) mass is 475 g/mol. The predicted octanol–water partition coefficient (Wildman–Crippen LogP) is 6.00. The van der Waals surface area contributed by atoms with Crippen molar-refractivity contribution in [3.05, 3.63) is 88.0 Å². The number of hydrogen-bond donors (Lipinski definition) is 1. The smallest absolute Gasteiger partial charge is 0.205 e. The van der Waals surface area contributed by atoms with Crippen LogP contribution in [0.15, 0.2) is 86.7 Å². The van der Waals surface area contributed by atoms with Crippen molar-refractivity contribution in [3.63, 3.8) is 0 Å². The van der Waals surface area contributed by atoms with E-state index >= 15 is 0 Å². The standard InChI is InChI=1S/C27H29N3OS2/c1-4-13-30-16-20(14-18-5-9-21(32-2)10-6-18)26-24(17-30)25(23(15-28)27(29)31-26)19-7-11-22(33-3)12-8-19/h5-12,14,25H,4,13,16-17,29H2,1-3H3/b20-14-/t25-/m1/s1. The van der Waals surface area contributed by atoms with Crippen molar-refractivity contribution >= 4 is 29.6 Å². The summed E-state index contributed by atoms with van der Waals surface area (Å²) in [4.78, 5) is 4.87. The van der Waals surface area contributed by atoms with E-state index in [2.05, 4.69) is 85.0 Å². The molecule has 2 aromatic rings. The molecule has 0 bridgehead atoms. The first-order valence-electron chi connectivity index (χ1n) is 11.1. The number of ether oxygens (including phenoxy) is 1. The Labute approximate surface area is 205 Å². The lowest BCUT2D eigenvalue weighted by Gasteiger charge is -2.38. The molecule has 33 heavy (non-hydrogen) atoms. The van der Waals surface area contributed by atoms with Crippen molar-refractivity contribution in [3.8, 4) is 6.07 Å². The number of hydrogen-bond acceptors (Lipinski definition) is 6. The van der Waals surface area contributed by atoms with Gasteiger partial charge in [-0.2, -0.15) is 5.26 Å². The van der Waals surface area contributed by atoms with E-state index in [4.69, 9.17) is 10.5 Å². The summed E-state index contributed by atoms with van der Waals surface area (Å²) in [6, 6.07) is 19.3. The molecular weight excluding hydrogens is 446 g/mol. The maximum atomic E-state index is 9.98. The van der Waals surface area contributed by atoms with Crippen LogP contribution in [0.2, 0.25) is 0 Å². The summed E-state index contributed by atoms with van der Waals surface area (Å²) in [7, 11) is 0. The minimum absolute atomic E-state index is 0.198. The van der Waals surface area contributed by atoms with E-state index < -0.39 is 0 Å². The van der Waals surface area contributed by atoms with E-state index in [1.54, 1.807) is 23.5 Å². The lowest BCUT2D eigenvalue weighted by Crippen LogP contribution is -2.38. The Morgan fingerprint density at radius 1 is 1.06 bits per heavy atom. The molecule has 0 unspecified atom stereocenters. The fourth-order valence-corrected chi connectivity index (χ4v) is 5.31. The van der Waals surface area contributed by atoms with Crippen molar-refractivity contribution < 1.29 is 4.74 Å². The first kappa shape index (κ1) is 23.6. The van der Waals surface area contributed by atoms with Crippen LogP contribution in [-0.2, 0) is 4.74 Å². The maximum Gasteiger partial charge on any atom is 0.205 e. The second-order valence-corrected chi connectivity index (χ2v) is 9.97. The molecule has 170 valence electrons. The van der Waals surface area contributed by atoms with Gasteiger partial charge in [-0.3, -0.25) is 4.90 Å². The lowest BCUT2D eigenvalue weighted by atomic mass is 9.80. The second kappa shape index (κ2) is 10.6. The van der Waals surface area contributed by atoms with Gasteiger partial charge in [0.25, 0.3) is 0 Å².